The van der Waals surface area contributed by atoms with E-state index >= 15 is 4.39 Å². The van der Waals surface area contributed by atoms with Crippen molar-refractivity contribution in [2.75, 3.05) is 37.7 Å². The van der Waals surface area contributed by atoms with Crippen molar-refractivity contribution in [1.82, 2.24) is 14.5 Å². The Morgan fingerprint density at radius 3 is 2.56 bits per heavy atom. The number of aliphatic hydroxyl groups excluding tert-OH is 1. The summed E-state index contributed by atoms with van der Waals surface area (Å²) in [5.74, 6) is -0.153. The largest absolute Gasteiger partial charge is 0.392 e. The van der Waals surface area contributed by atoms with Gasteiger partial charge in [0, 0.05) is 54.1 Å². The third kappa shape index (κ3) is 5.72. The SMILES string of the molecule is Cn1cc(-c2cc(F)cc(N3CCc4c(sc5c4CCCC5)C3=O)c2CO)cc(Cc2ccc(C3CCN(C4COC4)CC3)cn2)c1=O. The highest BCUT2D eigenvalue weighted by Gasteiger charge is 2.34. The number of carbonyl (C=O) groups excluding carboxylic acids is 1. The van der Waals surface area contributed by atoms with Crippen LogP contribution in [0, 0.1) is 5.82 Å². The average Bonchev–Trinajstić information content (AvgIpc) is 3.46. The van der Waals surface area contributed by atoms with E-state index in [1.807, 2.05) is 12.3 Å². The lowest BCUT2D eigenvalue weighted by molar-refractivity contribution is -0.0712. The molecule has 0 bridgehead atoms. The maximum Gasteiger partial charge on any atom is 0.268 e. The van der Waals surface area contributed by atoms with Crippen LogP contribution in [-0.2, 0) is 44.1 Å². The topological polar surface area (TPSA) is 87.9 Å². The van der Waals surface area contributed by atoms with E-state index in [2.05, 4.69) is 11.0 Å². The molecule has 0 saturated carbocycles. The number of piperidine rings is 1. The van der Waals surface area contributed by atoms with Gasteiger partial charge >= 0.3 is 0 Å². The van der Waals surface area contributed by atoms with E-state index < -0.39 is 5.82 Å². The number of amides is 1. The minimum Gasteiger partial charge on any atom is -0.392 e. The first kappa shape index (κ1) is 31.6. The second-order valence-electron chi connectivity index (χ2n) is 13.8. The molecule has 2 fully saturated rings. The highest BCUT2D eigenvalue weighted by molar-refractivity contribution is 7.14. The zero-order chi connectivity index (χ0) is 32.9. The van der Waals surface area contributed by atoms with Gasteiger partial charge in [-0.2, -0.15) is 0 Å². The van der Waals surface area contributed by atoms with Gasteiger partial charge in [-0.25, -0.2) is 4.39 Å². The van der Waals surface area contributed by atoms with Crippen molar-refractivity contribution in [3.8, 4) is 11.1 Å². The van der Waals surface area contributed by atoms with Crippen LogP contribution < -0.4 is 10.5 Å². The number of aromatic nitrogens is 2. The van der Waals surface area contributed by atoms with E-state index in [9.17, 15) is 14.7 Å². The van der Waals surface area contributed by atoms with Crippen LogP contribution in [0.2, 0.25) is 0 Å². The second kappa shape index (κ2) is 13.0. The summed E-state index contributed by atoms with van der Waals surface area (Å²) in [6.45, 7) is 3.89. The van der Waals surface area contributed by atoms with Crippen molar-refractivity contribution in [2.24, 2.45) is 7.05 Å². The Morgan fingerprint density at radius 2 is 1.83 bits per heavy atom. The fraction of sp³-hybridized carbons (Fsp3) is 0.447. The van der Waals surface area contributed by atoms with Crippen molar-refractivity contribution in [1.29, 1.82) is 0 Å². The number of benzene rings is 1. The normalized spacial score (nSPS) is 18.9. The van der Waals surface area contributed by atoms with Crippen LogP contribution in [-0.4, -0.2) is 64.4 Å². The quantitative estimate of drug-likeness (QED) is 0.284. The van der Waals surface area contributed by atoms with Gasteiger partial charge in [-0.05, 0) is 116 Å². The summed E-state index contributed by atoms with van der Waals surface area (Å²) in [5.41, 5.74) is 6.83. The third-order valence-electron chi connectivity index (χ3n) is 10.9. The van der Waals surface area contributed by atoms with Gasteiger partial charge in [0.2, 0.25) is 0 Å². The van der Waals surface area contributed by atoms with Gasteiger partial charge in [-0.3, -0.25) is 19.5 Å². The Labute approximate surface area is 283 Å². The Kier molecular flexibility index (Phi) is 8.53. The van der Waals surface area contributed by atoms with E-state index in [1.165, 1.54) is 32.7 Å². The monoisotopic (exact) mass is 668 g/mol. The molecule has 6 heterocycles. The molecule has 1 aliphatic carbocycles. The number of pyridine rings is 2. The Morgan fingerprint density at radius 1 is 1.02 bits per heavy atom. The molecule has 48 heavy (non-hydrogen) atoms. The number of nitrogens with zero attached hydrogens (tertiary/aromatic N) is 4. The molecule has 3 aromatic heterocycles. The molecular weight excluding hydrogens is 628 g/mol. The first-order chi connectivity index (χ1) is 23.4. The molecule has 1 amide bonds. The lowest BCUT2D eigenvalue weighted by Crippen LogP contribution is -2.51. The van der Waals surface area contributed by atoms with Gasteiger partial charge < -0.3 is 19.3 Å². The lowest BCUT2D eigenvalue weighted by atomic mass is 9.89. The standard InChI is InChI=1S/C38H41FN4O4S/c1-41-19-26(14-25(37(41)45)15-28-7-6-24(18-40-28)23-8-11-42(12-9-23)29-21-47-22-29)32-16-27(39)17-34(33(32)20-44)43-13-10-31-30-4-2-3-5-35(30)48-36(31)38(43)46/h6-7,14,16-19,23,29,44H,2-5,8-13,15,20-22H2,1H3. The summed E-state index contributed by atoms with van der Waals surface area (Å²) in [6, 6.07) is 9.23. The average molecular weight is 669 g/mol. The molecule has 1 aromatic carbocycles. The minimum absolute atomic E-state index is 0.129. The highest BCUT2D eigenvalue weighted by atomic mass is 32.1. The van der Waals surface area contributed by atoms with Crippen molar-refractivity contribution >= 4 is 22.9 Å². The van der Waals surface area contributed by atoms with Crippen LogP contribution in [0.5, 0.6) is 0 Å². The van der Waals surface area contributed by atoms with Crippen molar-refractivity contribution in [2.45, 2.75) is 69.9 Å². The summed E-state index contributed by atoms with van der Waals surface area (Å²) in [5, 5.41) is 10.7. The van der Waals surface area contributed by atoms with Gasteiger partial charge in [0.25, 0.3) is 11.5 Å². The number of fused-ring (bicyclic) bond motifs is 3. The smallest absolute Gasteiger partial charge is 0.268 e. The lowest BCUT2D eigenvalue weighted by Gasteiger charge is -2.41. The van der Waals surface area contributed by atoms with E-state index in [0.29, 0.717) is 59.3 Å². The molecular formula is C38H41FN4O4S. The number of carbonyl (C=O) groups is 1. The highest BCUT2D eigenvalue weighted by Crippen LogP contribution is 2.41. The van der Waals surface area contributed by atoms with Crippen LogP contribution in [0.15, 0.2) is 47.5 Å². The van der Waals surface area contributed by atoms with E-state index in [4.69, 9.17) is 9.72 Å². The van der Waals surface area contributed by atoms with Crippen LogP contribution >= 0.6 is 11.3 Å². The summed E-state index contributed by atoms with van der Waals surface area (Å²) in [4.78, 5) is 38.2. The number of hydrogen-bond donors (Lipinski definition) is 1. The summed E-state index contributed by atoms with van der Waals surface area (Å²) in [7, 11) is 1.68. The fourth-order valence-corrected chi connectivity index (χ4v) is 9.48. The predicted molar refractivity (Wildman–Crippen MR) is 185 cm³/mol. The number of ether oxygens (including phenoxy) is 1. The minimum atomic E-state index is -0.499. The molecule has 8 rings (SSSR count). The summed E-state index contributed by atoms with van der Waals surface area (Å²) < 4.78 is 22.3. The maximum atomic E-state index is 15.4. The number of thiophene rings is 1. The summed E-state index contributed by atoms with van der Waals surface area (Å²) >= 11 is 1.58. The van der Waals surface area contributed by atoms with Crippen molar-refractivity contribution < 1.29 is 19.0 Å². The number of aryl methyl sites for hydroxylation is 2. The molecule has 2 saturated heterocycles. The molecule has 0 unspecified atom stereocenters. The van der Waals surface area contributed by atoms with Gasteiger partial charge in [0.05, 0.1) is 36.4 Å². The second-order valence-corrected chi connectivity index (χ2v) is 14.9. The van der Waals surface area contributed by atoms with Crippen molar-refractivity contribution in [3.05, 3.63) is 102 Å². The third-order valence-corrected chi connectivity index (χ3v) is 12.2. The molecule has 0 spiro atoms. The molecule has 8 nitrogen and oxygen atoms in total. The summed E-state index contributed by atoms with van der Waals surface area (Å²) in [6.07, 6.45) is 11.2. The van der Waals surface area contributed by atoms with Gasteiger partial charge in [-0.15, -0.1) is 11.3 Å². The number of anilines is 1. The van der Waals surface area contributed by atoms with E-state index in [0.717, 1.165) is 81.0 Å². The maximum absolute atomic E-state index is 15.4. The first-order valence-electron chi connectivity index (χ1n) is 17.2. The zero-order valence-corrected chi connectivity index (χ0v) is 28.2. The fourth-order valence-electron chi connectivity index (χ4n) is 8.10. The van der Waals surface area contributed by atoms with Gasteiger partial charge in [0.1, 0.15) is 5.82 Å². The van der Waals surface area contributed by atoms with Crippen molar-refractivity contribution in [3.63, 3.8) is 0 Å². The zero-order valence-electron chi connectivity index (χ0n) is 27.3. The van der Waals surface area contributed by atoms with Crippen LogP contribution in [0.4, 0.5) is 10.1 Å². The molecule has 3 aliphatic heterocycles. The predicted octanol–water partition coefficient (Wildman–Crippen LogP) is 5.39. The van der Waals surface area contributed by atoms with Crippen LogP contribution in [0.3, 0.4) is 0 Å². The van der Waals surface area contributed by atoms with E-state index in [-0.39, 0.29) is 18.1 Å². The van der Waals surface area contributed by atoms with Gasteiger partial charge in [-0.1, -0.05) is 6.07 Å². The number of aliphatic hydroxyl groups is 1. The van der Waals surface area contributed by atoms with E-state index in [1.54, 1.807) is 35.5 Å². The number of rotatable bonds is 7. The molecule has 250 valence electrons. The Hall–Kier alpha value is -3.70. The molecule has 0 atom stereocenters. The first-order valence-corrected chi connectivity index (χ1v) is 18.0. The van der Waals surface area contributed by atoms with Crippen LogP contribution in [0.25, 0.3) is 11.1 Å². The van der Waals surface area contributed by atoms with Gasteiger partial charge in [0.15, 0.2) is 0 Å². The Bertz CT molecular complexity index is 1920. The number of hydrogen-bond acceptors (Lipinski definition) is 7. The molecule has 4 aliphatic rings. The van der Waals surface area contributed by atoms with Crippen LogP contribution in [0.1, 0.15) is 79.7 Å². The molecule has 0 radical (unpaired) electrons. The molecule has 4 aromatic rings. The number of halogens is 1. The molecule has 10 heteroatoms. The Balaban J connectivity index is 1.06. The number of likely N-dealkylation sites (tertiary alicyclic amines) is 1. The molecule has 1 N–H and O–H groups in total.